The Kier molecular flexibility index (Phi) is 5.75. The van der Waals surface area contributed by atoms with Gasteiger partial charge in [-0.1, -0.05) is 18.2 Å². The summed E-state index contributed by atoms with van der Waals surface area (Å²) in [6.45, 7) is 7.54. The van der Waals surface area contributed by atoms with Gasteiger partial charge in [0.05, 0.1) is 23.2 Å². The van der Waals surface area contributed by atoms with Gasteiger partial charge in [-0.25, -0.2) is 4.98 Å². The number of nitrogens with zero attached hydrogens (tertiary/aromatic N) is 6. The Morgan fingerprint density at radius 1 is 1.09 bits per heavy atom. The molecule has 0 fully saturated rings. The van der Waals surface area contributed by atoms with Crippen LogP contribution in [0.25, 0.3) is 22.4 Å². The van der Waals surface area contributed by atoms with Gasteiger partial charge in [0.25, 0.3) is 0 Å². The van der Waals surface area contributed by atoms with E-state index >= 15 is 0 Å². The van der Waals surface area contributed by atoms with Crippen LogP contribution in [0.15, 0.2) is 43.1 Å². The van der Waals surface area contributed by atoms with Crippen molar-refractivity contribution in [2.24, 2.45) is 7.05 Å². The van der Waals surface area contributed by atoms with E-state index in [9.17, 15) is 13.2 Å². The molecular formula is C21H22F3N9. The Balaban J connectivity index is 1.58. The normalized spacial score (nSPS) is 13.6. The highest BCUT2D eigenvalue weighted by atomic mass is 19.4. The van der Waals surface area contributed by atoms with Gasteiger partial charge in [-0.2, -0.15) is 33.3 Å². The molecule has 0 bridgehead atoms. The van der Waals surface area contributed by atoms with Crippen molar-refractivity contribution in [3.63, 3.8) is 0 Å². The number of anilines is 2. The summed E-state index contributed by atoms with van der Waals surface area (Å²) >= 11 is 0. The van der Waals surface area contributed by atoms with Gasteiger partial charge >= 0.3 is 6.18 Å². The predicted molar refractivity (Wildman–Crippen MR) is 118 cm³/mol. The monoisotopic (exact) mass is 457 g/mol. The van der Waals surface area contributed by atoms with Crippen LogP contribution in [-0.2, 0) is 13.2 Å². The quantitative estimate of drug-likeness (QED) is 0.355. The van der Waals surface area contributed by atoms with Gasteiger partial charge in [-0.05, 0) is 26.0 Å². The number of aryl methyl sites for hydroxylation is 1. The summed E-state index contributed by atoms with van der Waals surface area (Å²) in [6.07, 6.45) is -0.990. The molecule has 33 heavy (non-hydrogen) atoms. The van der Waals surface area contributed by atoms with E-state index in [1.54, 1.807) is 24.0 Å². The topological polar surface area (TPSA) is 109 Å². The first-order valence-corrected chi connectivity index (χ1v) is 10.1. The number of hydrogen-bond acceptors (Lipinski definition) is 7. The second-order valence-corrected chi connectivity index (χ2v) is 7.56. The van der Waals surface area contributed by atoms with Gasteiger partial charge < -0.3 is 10.6 Å². The summed E-state index contributed by atoms with van der Waals surface area (Å²) in [4.78, 5) is 13.5. The largest absolute Gasteiger partial charge is 0.416 e. The summed E-state index contributed by atoms with van der Waals surface area (Å²) in [6, 6.07) is 4.31. The molecule has 4 aromatic rings. The third kappa shape index (κ3) is 4.64. The van der Waals surface area contributed by atoms with Crippen molar-refractivity contribution < 1.29 is 13.2 Å². The Hall–Kier alpha value is -3.96. The molecule has 0 radical (unpaired) electrons. The average molecular weight is 457 g/mol. The number of aromatic amines is 1. The van der Waals surface area contributed by atoms with E-state index < -0.39 is 11.7 Å². The number of fused-ring (bicyclic) bond motifs is 1. The van der Waals surface area contributed by atoms with Crippen molar-refractivity contribution in [1.29, 1.82) is 0 Å². The predicted octanol–water partition coefficient (Wildman–Crippen LogP) is 4.33. The minimum absolute atomic E-state index is 0.0403. The van der Waals surface area contributed by atoms with Gasteiger partial charge in [-0.3, -0.25) is 9.78 Å². The van der Waals surface area contributed by atoms with Crippen LogP contribution in [0.1, 0.15) is 31.3 Å². The lowest BCUT2D eigenvalue weighted by Crippen LogP contribution is -2.16. The third-order valence-electron chi connectivity index (χ3n) is 5.04. The van der Waals surface area contributed by atoms with E-state index in [0.29, 0.717) is 34.6 Å². The maximum Gasteiger partial charge on any atom is 0.416 e. The van der Waals surface area contributed by atoms with E-state index in [0.717, 1.165) is 17.5 Å². The highest BCUT2D eigenvalue weighted by molar-refractivity contribution is 5.87. The fourth-order valence-corrected chi connectivity index (χ4v) is 3.14. The second kappa shape index (κ2) is 8.52. The molecule has 0 aliphatic carbocycles. The molecule has 2 atom stereocenters. The van der Waals surface area contributed by atoms with E-state index in [1.165, 1.54) is 12.1 Å². The first-order chi connectivity index (χ1) is 15.7. The average Bonchev–Trinajstić information content (AvgIpc) is 3.41. The van der Waals surface area contributed by atoms with E-state index in [1.807, 2.05) is 13.8 Å². The van der Waals surface area contributed by atoms with Crippen LogP contribution < -0.4 is 10.6 Å². The van der Waals surface area contributed by atoms with Crippen LogP contribution in [0, 0.1) is 0 Å². The van der Waals surface area contributed by atoms with Gasteiger partial charge in [0.1, 0.15) is 11.6 Å². The summed E-state index contributed by atoms with van der Waals surface area (Å²) in [5.41, 5.74) is 0.386. The molecule has 0 aliphatic rings. The first kappa shape index (κ1) is 22.2. The highest BCUT2D eigenvalue weighted by Crippen LogP contribution is 2.31. The van der Waals surface area contributed by atoms with Crippen molar-refractivity contribution in [1.82, 2.24) is 34.9 Å². The zero-order valence-electron chi connectivity index (χ0n) is 18.1. The molecule has 3 N–H and O–H groups in total. The lowest BCUT2D eigenvalue weighted by atomic mass is 10.1. The fourth-order valence-electron chi connectivity index (χ4n) is 3.14. The summed E-state index contributed by atoms with van der Waals surface area (Å²) in [7, 11) is 1.79. The Labute approximate surface area is 187 Å². The molecule has 12 heteroatoms. The van der Waals surface area contributed by atoms with E-state index in [-0.39, 0.29) is 12.1 Å². The number of benzene rings is 1. The summed E-state index contributed by atoms with van der Waals surface area (Å²) < 4.78 is 40.0. The SMILES string of the molecule is C=CC(C)Nc1nc(N[C@H](C)c2nc(-c3ccc(C(F)(F)F)cc3)n[nH]2)c2cnn(C)c2n1. The molecule has 9 nitrogen and oxygen atoms in total. The third-order valence-corrected chi connectivity index (χ3v) is 5.04. The Bertz CT molecular complexity index is 1270. The summed E-state index contributed by atoms with van der Waals surface area (Å²) in [5, 5.41) is 18.4. The number of H-pyrrole nitrogens is 1. The molecule has 0 saturated heterocycles. The van der Waals surface area contributed by atoms with Crippen LogP contribution in [-0.4, -0.2) is 41.0 Å². The molecule has 0 aliphatic heterocycles. The smallest absolute Gasteiger partial charge is 0.360 e. The molecule has 0 saturated carbocycles. The molecule has 3 aromatic heterocycles. The number of nitrogens with one attached hydrogen (secondary N) is 3. The Morgan fingerprint density at radius 2 is 1.82 bits per heavy atom. The molecule has 172 valence electrons. The first-order valence-electron chi connectivity index (χ1n) is 10.1. The van der Waals surface area contributed by atoms with Crippen LogP contribution in [0.4, 0.5) is 24.9 Å². The molecule has 1 aromatic carbocycles. The van der Waals surface area contributed by atoms with Gasteiger partial charge in [0.15, 0.2) is 11.5 Å². The van der Waals surface area contributed by atoms with Gasteiger partial charge in [-0.15, -0.1) is 6.58 Å². The number of hydrogen-bond donors (Lipinski definition) is 3. The minimum Gasteiger partial charge on any atom is -0.360 e. The highest BCUT2D eigenvalue weighted by Gasteiger charge is 2.30. The van der Waals surface area contributed by atoms with Crippen LogP contribution >= 0.6 is 0 Å². The van der Waals surface area contributed by atoms with Crippen LogP contribution in [0.3, 0.4) is 0 Å². The van der Waals surface area contributed by atoms with Crippen LogP contribution in [0.5, 0.6) is 0 Å². The lowest BCUT2D eigenvalue weighted by Gasteiger charge is -2.15. The van der Waals surface area contributed by atoms with Crippen molar-refractivity contribution in [2.75, 3.05) is 10.6 Å². The standard InChI is InChI=1S/C21H22F3N9/c1-5-11(2)26-20-29-18(15-10-25-33(4)19(15)30-20)27-12(3)16-28-17(32-31-16)13-6-8-14(9-7-13)21(22,23)24/h5-12H,1H2,2-4H3,(H,28,31,32)(H2,26,27,29,30)/t11?,12-/m1/s1. The summed E-state index contributed by atoms with van der Waals surface area (Å²) in [5.74, 6) is 1.75. The minimum atomic E-state index is -4.40. The number of aromatic nitrogens is 7. The maximum atomic E-state index is 12.8. The zero-order chi connectivity index (χ0) is 23.8. The fraction of sp³-hybridized carbons (Fsp3) is 0.286. The molecule has 4 rings (SSSR count). The van der Waals surface area contributed by atoms with Crippen LogP contribution in [0.2, 0.25) is 0 Å². The van der Waals surface area contributed by atoms with Crippen molar-refractivity contribution in [3.05, 3.63) is 54.5 Å². The van der Waals surface area contributed by atoms with Crippen molar-refractivity contribution in [3.8, 4) is 11.4 Å². The van der Waals surface area contributed by atoms with Crippen molar-refractivity contribution in [2.45, 2.75) is 32.1 Å². The number of rotatable bonds is 7. The molecule has 1 unspecified atom stereocenters. The number of alkyl halides is 3. The molecular weight excluding hydrogens is 435 g/mol. The van der Waals surface area contributed by atoms with E-state index in [2.05, 4.69) is 47.5 Å². The zero-order valence-corrected chi connectivity index (χ0v) is 18.1. The van der Waals surface area contributed by atoms with Gasteiger partial charge in [0.2, 0.25) is 5.95 Å². The van der Waals surface area contributed by atoms with E-state index in [4.69, 9.17) is 0 Å². The van der Waals surface area contributed by atoms with Crippen molar-refractivity contribution >= 4 is 22.8 Å². The molecule has 0 spiro atoms. The molecule has 0 amide bonds. The van der Waals surface area contributed by atoms with Gasteiger partial charge in [0, 0.05) is 18.7 Å². The lowest BCUT2D eigenvalue weighted by molar-refractivity contribution is -0.137. The maximum absolute atomic E-state index is 12.8. The molecule has 3 heterocycles. The Morgan fingerprint density at radius 3 is 2.48 bits per heavy atom. The second-order valence-electron chi connectivity index (χ2n) is 7.56. The number of halogens is 3.